The lowest BCUT2D eigenvalue weighted by Crippen LogP contribution is -2.44. The van der Waals surface area contributed by atoms with Crippen molar-refractivity contribution in [1.29, 1.82) is 0 Å². The third-order valence-corrected chi connectivity index (χ3v) is 6.00. The molecule has 0 unspecified atom stereocenters. The van der Waals surface area contributed by atoms with Crippen LogP contribution in [0.4, 0.5) is 0 Å². The van der Waals surface area contributed by atoms with Gasteiger partial charge in [-0.25, -0.2) is 0 Å². The minimum Gasteiger partial charge on any atom is -0.497 e. The lowest BCUT2D eigenvalue weighted by Gasteiger charge is -2.29. The molecule has 9 heteroatoms. The fourth-order valence-electron chi connectivity index (χ4n) is 3.97. The molecule has 2 amide bonds. The molecule has 1 saturated heterocycles. The molecule has 0 saturated carbocycles. The monoisotopic (exact) mass is 491 g/mol. The van der Waals surface area contributed by atoms with Crippen molar-refractivity contribution in [3.05, 3.63) is 47.3 Å². The maximum Gasteiger partial charge on any atom is 0.274 e. The molecule has 8 nitrogen and oxygen atoms in total. The third kappa shape index (κ3) is 8.25. The molecule has 1 aliphatic rings. The number of nitrogens with zero attached hydrogens (tertiary/aromatic N) is 2. The summed E-state index contributed by atoms with van der Waals surface area (Å²) in [6.07, 6.45) is 3.24. The van der Waals surface area contributed by atoms with Crippen molar-refractivity contribution >= 4 is 29.1 Å². The van der Waals surface area contributed by atoms with Crippen LogP contribution in [0.25, 0.3) is 5.70 Å². The molecule has 1 fully saturated rings. The first-order valence-corrected chi connectivity index (χ1v) is 12.0. The van der Waals surface area contributed by atoms with Crippen LogP contribution in [0.3, 0.4) is 0 Å². The fraction of sp³-hybridized carbons (Fsp3) is 0.520. The van der Waals surface area contributed by atoms with Gasteiger partial charge in [0, 0.05) is 18.2 Å². The fourth-order valence-corrected chi connectivity index (χ4v) is 4.18. The number of nitrogens with one attached hydrogen (secondary N) is 2. The SMILES string of the molecule is C=C(NCCC1CCN(C)CC1)C(=O)N(CC(=O)NC(C)C)/C(=C(\N)Cl)c1cccc(OC)c1. The Morgan fingerprint density at radius 2 is 2.00 bits per heavy atom. The Hall–Kier alpha value is -2.71. The van der Waals surface area contributed by atoms with Gasteiger partial charge in [0.25, 0.3) is 5.91 Å². The number of methoxy groups -OCH3 is 1. The molecule has 2 rings (SSSR count). The van der Waals surface area contributed by atoms with E-state index in [1.165, 1.54) is 4.90 Å². The van der Waals surface area contributed by atoms with Crippen LogP contribution in [0.2, 0.25) is 0 Å². The van der Waals surface area contributed by atoms with E-state index in [9.17, 15) is 9.59 Å². The standard InChI is InChI=1S/C25H38ClN5O3/c1-17(2)29-22(32)16-31(23(24(26)27)20-7-6-8-21(15-20)34-5)25(33)18(3)28-12-9-19-10-13-30(4)14-11-19/h6-8,15,17,19,28H,3,9-14,16,27H2,1-2,4-5H3,(H,29,32)/b24-23-. The second-order valence-corrected chi connectivity index (χ2v) is 9.39. The number of carbonyl (C=O) groups is 2. The van der Waals surface area contributed by atoms with Crippen LogP contribution in [0, 0.1) is 5.92 Å². The first kappa shape index (κ1) is 27.5. The molecule has 1 aliphatic heterocycles. The first-order valence-electron chi connectivity index (χ1n) is 11.6. The van der Waals surface area contributed by atoms with E-state index in [-0.39, 0.29) is 35.0 Å². The van der Waals surface area contributed by atoms with Gasteiger partial charge in [-0.15, -0.1) is 0 Å². The number of carbonyl (C=O) groups excluding carboxylic acids is 2. The summed E-state index contributed by atoms with van der Waals surface area (Å²) in [4.78, 5) is 29.7. The number of amides is 2. The molecule has 4 N–H and O–H groups in total. The van der Waals surface area contributed by atoms with Crippen molar-refractivity contribution in [3.63, 3.8) is 0 Å². The summed E-state index contributed by atoms with van der Waals surface area (Å²) < 4.78 is 5.30. The summed E-state index contributed by atoms with van der Waals surface area (Å²) in [5.41, 5.74) is 6.97. The number of hydrogen-bond donors (Lipinski definition) is 3. The Labute approximate surface area is 208 Å². The van der Waals surface area contributed by atoms with E-state index in [4.69, 9.17) is 22.1 Å². The van der Waals surface area contributed by atoms with Crippen molar-refractivity contribution in [1.82, 2.24) is 20.4 Å². The quantitative estimate of drug-likeness (QED) is 0.325. The molecule has 0 atom stereocenters. The summed E-state index contributed by atoms with van der Waals surface area (Å²) in [5.74, 6) is 0.386. The van der Waals surface area contributed by atoms with Gasteiger partial charge in [-0.05, 0) is 71.3 Å². The predicted octanol–water partition coefficient (Wildman–Crippen LogP) is 2.71. The molecule has 0 aliphatic carbocycles. The summed E-state index contributed by atoms with van der Waals surface area (Å²) in [7, 11) is 3.68. The van der Waals surface area contributed by atoms with E-state index in [0.29, 0.717) is 23.8 Å². The molecule has 0 spiro atoms. The third-order valence-electron chi connectivity index (χ3n) is 5.82. The van der Waals surface area contributed by atoms with Gasteiger partial charge in [-0.2, -0.15) is 0 Å². The van der Waals surface area contributed by atoms with Gasteiger partial charge in [-0.1, -0.05) is 30.3 Å². The lowest BCUT2D eigenvalue weighted by atomic mass is 9.94. The van der Waals surface area contributed by atoms with Crippen molar-refractivity contribution in [2.75, 3.05) is 40.3 Å². The van der Waals surface area contributed by atoms with Crippen LogP contribution in [0.15, 0.2) is 41.7 Å². The number of piperidine rings is 1. The molecule has 1 aromatic carbocycles. The van der Waals surface area contributed by atoms with Crippen molar-refractivity contribution in [3.8, 4) is 5.75 Å². The van der Waals surface area contributed by atoms with Crippen LogP contribution in [0.1, 0.15) is 38.7 Å². The highest BCUT2D eigenvalue weighted by Gasteiger charge is 2.27. The Balaban J connectivity index is 2.20. The highest BCUT2D eigenvalue weighted by atomic mass is 35.5. The van der Waals surface area contributed by atoms with Gasteiger partial charge < -0.3 is 26.0 Å². The lowest BCUT2D eigenvalue weighted by molar-refractivity contribution is -0.130. The van der Waals surface area contributed by atoms with E-state index in [1.54, 1.807) is 31.4 Å². The van der Waals surface area contributed by atoms with Crippen molar-refractivity contribution in [2.45, 2.75) is 39.2 Å². The average molecular weight is 492 g/mol. The number of hydrogen-bond acceptors (Lipinski definition) is 6. The van der Waals surface area contributed by atoms with Gasteiger partial charge >= 0.3 is 0 Å². The Morgan fingerprint density at radius 3 is 2.59 bits per heavy atom. The molecule has 0 bridgehead atoms. The van der Waals surface area contributed by atoms with E-state index in [0.717, 1.165) is 32.4 Å². The zero-order valence-electron chi connectivity index (χ0n) is 20.7. The van der Waals surface area contributed by atoms with Crippen molar-refractivity contribution in [2.24, 2.45) is 11.7 Å². The molecule has 1 heterocycles. The summed E-state index contributed by atoms with van der Waals surface area (Å²) >= 11 is 6.26. The van der Waals surface area contributed by atoms with Gasteiger partial charge in [-0.3, -0.25) is 14.5 Å². The minimum absolute atomic E-state index is 0.0853. The average Bonchev–Trinajstić information content (AvgIpc) is 2.78. The normalized spacial score (nSPS) is 15.5. The number of halogens is 1. The molecular formula is C25H38ClN5O3. The van der Waals surface area contributed by atoms with E-state index < -0.39 is 5.91 Å². The number of benzene rings is 1. The Bertz CT molecular complexity index is 890. The second-order valence-electron chi connectivity index (χ2n) is 8.98. The van der Waals surface area contributed by atoms with Crippen molar-refractivity contribution < 1.29 is 14.3 Å². The van der Waals surface area contributed by atoms with Crippen LogP contribution < -0.4 is 21.1 Å². The molecule has 188 valence electrons. The molecule has 34 heavy (non-hydrogen) atoms. The van der Waals surface area contributed by atoms with E-state index in [2.05, 4.69) is 29.2 Å². The van der Waals surface area contributed by atoms with E-state index in [1.807, 2.05) is 13.8 Å². The Morgan fingerprint density at radius 1 is 1.32 bits per heavy atom. The molecular weight excluding hydrogens is 454 g/mol. The van der Waals surface area contributed by atoms with Gasteiger partial charge in [0.05, 0.1) is 18.5 Å². The first-order chi connectivity index (χ1) is 16.1. The number of rotatable bonds is 11. The maximum atomic E-state index is 13.5. The van der Waals surface area contributed by atoms with Gasteiger partial charge in [0.2, 0.25) is 5.91 Å². The molecule has 0 aromatic heterocycles. The van der Waals surface area contributed by atoms with Crippen LogP contribution in [-0.2, 0) is 9.59 Å². The molecule has 1 aromatic rings. The summed E-state index contributed by atoms with van der Waals surface area (Å²) in [6.45, 7) is 10.2. The maximum absolute atomic E-state index is 13.5. The number of ether oxygens (including phenoxy) is 1. The summed E-state index contributed by atoms with van der Waals surface area (Å²) in [6, 6.07) is 6.91. The largest absolute Gasteiger partial charge is 0.497 e. The van der Waals surface area contributed by atoms with E-state index >= 15 is 0 Å². The number of nitrogens with two attached hydrogens (primary N) is 1. The van der Waals surface area contributed by atoms with Crippen LogP contribution >= 0.6 is 11.6 Å². The summed E-state index contributed by atoms with van der Waals surface area (Å²) in [5, 5.41) is 5.83. The second kappa shape index (κ2) is 13.2. The van der Waals surface area contributed by atoms with Crippen LogP contribution in [0.5, 0.6) is 5.75 Å². The number of likely N-dealkylation sites (tertiary alicyclic amines) is 1. The highest BCUT2D eigenvalue weighted by Crippen LogP contribution is 2.27. The van der Waals surface area contributed by atoms with Gasteiger partial charge in [0.1, 0.15) is 17.5 Å². The highest BCUT2D eigenvalue weighted by molar-refractivity contribution is 6.32. The zero-order chi connectivity index (χ0) is 25.3. The topological polar surface area (TPSA) is 99.9 Å². The van der Waals surface area contributed by atoms with Crippen LogP contribution in [-0.4, -0.2) is 68.0 Å². The predicted molar refractivity (Wildman–Crippen MR) is 137 cm³/mol. The molecule has 0 radical (unpaired) electrons. The zero-order valence-corrected chi connectivity index (χ0v) is 21.5. The van der Waals surface area contributed by atoms with Gasteiger partial charge in [0.15, 0.2) is 0 Å². The Kier molecular flexibility index (Phi) is 10.7. The minimum atomic E-state index is -0.469. The smallest absolute Gasteiger partial charge is 0.274 e.